The van der Waals surface area contributed by atoms with Crippen molar-refractivity contribution in [1.29, 1.82) is 0 Å². The maximum Gasteiger partial charge on any atom is 0.142 e. The van der Waals surface area contributed by atoms with Gasteiger partial charge < -0.3 is 15.4 Å². The number of piperidine rings is 1. The fourth-order valence-electron chi connectivity index (χ4n) is 2.12. The van der Waals surface area contributed by atoms with Gasteiger partial charge in [0.15, 0.2) is 0 Å². The number of hydrogen-bond donors (Lipinski definition) is 2. The van der Waals surface area contributed by atoms with E-state index in [1.54, 1.807) is 0 Å². The van der Waals surface area contributed by atoms with Gasteiger partial charge in [-0.2, -0.15) is 0 Å². The molecule has 0 aromatic heterocycles. The van der Waals surface area contributed by atoms with Crippen LogP contribution in [0.15, 0.2) is 24.3 Å². The molecule has 1 heterocycles. The zero-order chi connectivity index (χ0) is 11.9. The molecule has 1 aliphatic heterocycles. The number of nitrogens with one attached hydrogen (secondary N) is 2. The van der Waals surface area contributed by atoms with Crippen molar-refractivity contribution in [2.24, 2.45) is 0 Å². The molecular formula is C14H22N2O. The van der Waals surface area contributed by atoms with E-state index in [1.807, 2.05) is 12.1 Å². The first kappa shape index (κ1) is 12.2. The predicted molar refractivity (Wildman–Crippen MR) is 71.7 cm³/mol. The predicted octanol–water partition coefficient (Wildman–Crippen LogP) is 2.64. The van der Waals surface area contributed by atoms with Crippen molar-refractivity contribution in [3.05, 3.63) is 24.3 Å². The first-order valence-electron chi connectivity index (χ1n) is 6.59. The number of benzene rings is 1. The van der Waals surface area contributed by atoms with Crippen LogP contribution in [0, 0.1) is 0 Å². The Morgan fingerprint density at radius 1 is 1.41 bits per heavy atom. The number of ether oxygens (including phenoxy) is 1. The van der Waals surface area contributed by atoms with Gasteiger partial charge in [0, 0.05) is 12.6 Å². The lowest BCUT2D eigenvalue weighted by atomic mass is 10.1. The van der Waals surface area contributed by atoms with Gasteiger partial charge in [0.05, 0.1) is 12.3 Å². The first-order chi connectivity index (χ1) is 8.40. The topological polar surface area (TPSA) is 33.3 Å². The molecule has 1 atom stereocenters. The molecule has 3 heteroatoms. The van der Waals surface area contributed by atoms with Gasteiger partial charge in [0.1, 0.15) is 5.75 Å². The van der Waals surface area contributed by atoms with Crippen molar-refractivity contribution in [1.82, 2.24) is 5.32 Å². The third-order valence-corrected chi connectivity index (χ3v) is 3.01. The Hall–Kier alpha value is -1.22. The Balaban J connectivity index is 1.98. The lowest BCUT2D eigenvalue weighted by Gasteiger charge is -2.25. The largest absolute Gasteiger partial charge is 0.491 e. The SMILES string of the molecule is CCCOc1ccccc1NC1CCCNC1. The van der Waals surface area contributed by atoms with Crippen molar-refractivity contribution in [2.75, 3.05) is 25.0 Å². The number of para-hydroxylation sites is 2. The second kappa shape index (κ2) is 6.50. The summed E-state index contributed by atoms with van der Waals surface area (Å²) in [7, 11) is 0. The fourth-order valence-corrected chi connectivity index (χ4v) is 2.12. The Morgan fingerprint density at radius 3 is 3.06 bits per heavy atom. The molecule has 1 fully saturated rings. The smallest absolute Gasteiger partial charge is 0.142 e. The van der Waals surface area contributed by atoms with Crippen LogP contribution >= 0.6 is 0 Å². The van der Waals surface area contributed by atoms with Crippen LogP contribution in [0.1, 0.15) is 26.2 Å². The van der Waals surface area contributed by atoms with E-state index >= 15 is 0 Å². The molecule has 1 aromatic carbocycles. The molecule has 2 rings (SSSR count). The van der Waals surface area contributed by atoms with Crippen LogP contribution in [0.3, 0.4) is 0 Å². The normalized spacial score (nSPS) is 19.9. The molecule has 94 valence electrons. The Labute approximate surface area is 104 Å². The highest BCUT2D eigenvalue weighted by Crippen LogP contribution is 2.25. The Morgan fingerprint density at radius 2 is 2.29 bits per heavy atom. The molecule has 0 amide bonds. The van der Waals surface area contributed by atoms with E-state index in [-0.39, 0.29) is 0 Å². The lowest BCUT2D eigenvalue weighted by molar-refractivity contribution is 0.318. The zero-order valence-corrected chi connectivity index (χ0v) is 10.5. The molecule has 0 bridgehead atoms. The number of hydrogen-bond acceptors (Lipinski definition) is 3. The summed E-state index contributed by atoms with van der Waals surface area (Å²) in [5.41, 5.74) is 1.12. The van der Waals surface area contributed by atoms with E-state index in [4.69, 9.17) is 4.74 Å². The molecule has 17 heavy (non-hydrogen) atoms. The van der Waals surface area contributed by atoms with E-state index < -0.39 is 0 Å². The highest BCUT2D eigenvalue weighted by Gasteiger charge is 2.14. The first-order valence-corrected chi connectivity index (χ1v) is 6.59. The van der Waals surface area contributed by atoms with E-state index in [1.165, 1.54) is 12.8 Å². The van der Waals surface area contributed by atoms with E-state index in [0.717, 1.165) is 37.6 Å². The third kappa shape index (κ3) is 3.63. The van der Waals surface area contributed by atoms with Crippen molar-refractivity contribution in [3.63, 3.8) is 0 Å². The van der Waals surface area contributed by atoms with Crippen LogP contribution in [0.5, 0.6) is 5.75 Å². The zero-order valence-electron chi connectivity index (χ0n) is 10.5. The molecule has 2 N–H and O–H groups in total. The fraction of sp³-hybridized carbons (Fsp3) is 0.571. The van der Waals surface area contributed by atoms with Gasteiger partial charge in [-0.25, -0.2) is 0 Å². The summed E-state index contributed by atoms with van der Waals surface area (Å²) in [6.07, 6.45) is 3.52. The van der Waals surface area contributed by atoms with Gasteiger partial charge in [-0.05, 0) is 37.9 Å². The molecule has 1 aromatic rings. The average Bonchev–Trinajstić information content (AvgIpc) is 2.39. The summed E-state index contributed by atoms with van der Waals surface area (Å²) in [5.74, 6) is 0.972. The quantitative estimate of drug-likeness (QED) is 0.821. The Bertz CT molecular complexity index is 335. The van der Waals surface area contributed by atoms with Crippen molar-refractivity contribution in [2.45, 2.75) is 32.2 Å². The number of rotatable bonds is 5. The molecule has 1 saturated heterocycles. The van der Waals surface area contributed by atoms with Gasteiger partial charge in [0.25, 0.3) is 0 Å². The van der Waals surface area contributed by atoms with Crippen LogP contribution in [0.25, 0.3) is 0 Å². The van der Waals surface area contributed by atoms with E-state index in [9.17, 15) is 0 Å². The molecule has 1 unspecified atom stereocenters. The van der Waals surface area contributed by atoms with Gasteiger partial charge in [0.2, 0.25) is 0 Å². The summed E-state index contributed by atoms with van der Waals surface area (Å²) >= 11 is 0. The maximum atomic E-state index is 5.74. The standard InChI is InChI=1S/C14H22N2O/c1-2-10-17-14-8-4-3-7-13(14)16-12-6-5-9-15-11-12/h3-4,7-8,12,15-16H,2,5-6,9-11H2,1H3. The van der Waals surface area contributed by atoms with Crippen molar-refractivity contribution >= 4 is 5.69 Å². The average molecular weight is 234 g/mol. The molecular weight excluding hydrogens is 212 g/mol. The lowest BCUT2D eigenvalue weighted by Crippen LogP contribution is -2.38. The summed E-state index contributed by atoms with van der Waals surface area (Å²) in [5, 5.41) is 6.99. The third-order valence-electron chi connectivity index (χ3n) is 3.01. The van der Waals surface area contributed by atoms with Crippen molar-refractivity contribution in [3.8, 4) is 5.75 Å². The van der Waals surface area contributed by atoms with Gasteiger partial charge in [-0.3, -0.25) is 0 Å². The van der Waals surface area contributed by atoms with Crippen LogP contribution < -0.4 is 15.4 Å². The molecule has 0 saturated carbocycles. The van der Waals surface area contributed by atoms with Crippen LogP contribution in [-0.2, 0) is 0 Å². The molecule has 3 nitrogen and oxygen atoms in total. The highest BCUT2D eigenvalue weighted by atomic mass is 16.5. The van der Waals surface area contributed by atoms with Gasteiger partial charge in [-0.15, -0.1) is 0 Å². The molecule has 1 aliphatic rings. The van der Waals surface area contributed by atoms with E-state index in [0.29, 0.717) is 6.04 Å². The second-order valence-electron chi connectivity index (χ2n) is 4.53. The van der Waals surface area contributed by atoms with Crippen LogP contribution in [0.4, 0.5) is 5.69 Å². The summed E-state index contributed by atoms with van der Waals surface area (Å²) < 4.78 is 5.74. The van der Waals surface area contributed by atoms with Gasteiger partial charge in [-0.1, -0.05) is 19.1 Å². The number of anilines is 1. The Kier molecular flexibility index (Phi) is 4.68. The molecule has 0 radical (unpaired) electrons. The van der Waals surface area contributed by atoms with Crippen LogP contribution in [0.2, 0.25) is 0 Å². The minimum atomic E-state index is 0.523. The maximum absolute atomic E-state index is 5.74. The molecule has 0 spiro atoms. The monoisotopic (exact) mass is 234 g/mol. The highest BCUT2D eigenvalue weighted by molar-refractivity contribution is 5.56. The minimum absolute atomic E-state index is 0.523. The molecule has 0 aliphatic carbocycles. The van der Waals surface area contributed by atoms with Crippen LogP contribution in [-0.4, -0.2) is 25.7 Å². The van der Waals surface area contributed by atoms with Crippen molar-refractivity contribution < 1.29 is 4.74 Å². The van der Waals surface area contributed by atoms with Gasteiger partial charge >= 0.3 is 0 Å². The summed E-state index contributed by atoms with van der Waals surface area (Å²) in [4.78, 5) is 0. The second-order valence-corrected chi connectivity index (χ2v) is 4.53. The summed E-state index contributed by atoms with van der Waals surface area (Å²) in [6.45, 7) is 5.09. The minimum Gasteiger partial charge on any atom is -0.491 e. The summed E-state index contributed by atoms with van der Waals surface area (Å²) in [6, 6.07) is 8.73. The van der Waals surface area contributed by atoms with E-state index in [2.05, 4.69) is 29.7 Å².